The van der Waals surface area contributed by atoms with E-state index in [9.17, 15) is 0 Å². The highest BCUT2D eigenvalue weighted by Gasteiger charge is 2.17. The van der Waals surface area contributed by atoms with Gasteiger partial charge in [0.15, 0.2) is 0 Å². The molecule has 0 saturated carbocycles. The fourth-order valence-corrected chi connectivity index (χ4v) is 2.17. The minimum atomic E-state index is 0.226. The first kappa shape index (κ1) is 11.3. The van der Waals surface area contributed by atoms with E-state index in [4.69, 9.17) is 5.11 Å². The highest BCUT2D eigenvalue weighted by molar-refractivity contribution is 14.3. The van der Waals surface area contributed by atoms with Gasteiger partial charge in [-0.2, -0.15) is 0 Å². The van der Waals surface area contributed by atoms with Gasteiger partial charge in [-0.05, 0) is 17.7 Å². The van der Waals surface area contributed by atoms with Crippen molar-refractivity contribution in [1.82, 2.24) is 0 Å². The fraction of sp³-hybridized carbons (Fsp3) is 0.250. The molecule has 0 aliphatic heterocycles. The molecule has 0 spiro atoms. The molecule has 1 N–H and O–H groups in total. The van der Waals surface area contributed by atoms with E-state index in [0.717, 1.165) is 6.42 Å². The van der Waals surface area contributed by atoms with Crippen LogP contribution in [-0.4, -0.2) is 4.54 Å². The van der Waals surface area contributed by atoms with E-state index in [2.05, 4.69) is 67.8 Å². The second-order valence-electron chi connectivity index (χ2n) is 2.46. The number of alkyl halides is 3. The highest BCUT2D eigenvalue weighted by Crippen LogP contribution is 2.38. The SMILES string of the molecule is Oc1ccc(CC(I)(I)I)cc1. The van der Waals surface area contributed by atoms with Crippen molar-refractivity contribution in [1.29, 1.82) is 0 Å². The minimum Gasteiger partial charge on any atom is -0.508 e. The number of phenolic OH excluding ortho intramolecular Hbond substituents is 1. The molecular formula is C8H7I3O. The summed E-state index contributed by atoms with van der Waals surface area (Å²) >= 11 is 7.20. The first-order valence-corrected chi connectivity index (χ1v) is 6.56. The number of hydrogen-bond acceptors (Lipinski definition) is 1. The van der Waals surface area contributed by atoms with Crippen LogP contribution in [0.3, 0.4) is 0 Å². The van der Waals surface area contributed by atoms with Gasteiger partial charge in [0.25, 0.3) is 0 Å². The van der Waals surface area contributed by atoms with E-state index in [0.29, 0.717) is 5.75 Å². The summed E-state index contributed by atoms with van der Waals surface area (Å²) in [5, 5.41) is 9.05. The molecule has 12 heavy (non-hydrogen) atoms. The van der Waals surface area contributed by atoms with Crippen LogP contribution in [0.25, 0.3) is 0 Å². The molecule has 1 aromatic rings. The van der Waals surface area contributed by atoms with E-state index in [1.807, 2.05) is 12.1 Å². The molecule has 1 rings (SSSR count). The molecule has 0 unspecified atom stereocenters. The number of rotatable bonds is 2. The van der Waals surface area contributed by atoms with E-state index in [1.165, 1.54) is 5.56 Å². The Bertz CT molecular complexity index is 250. The van der Waals surface area contributed by atoms with Gasteiger partial charge in [0.05, 0.1) is 0 Å². The number of phenols is 1. The van der Waals surface area contributed by atoms with Crippen LogP contribution in [0.5, 0.6) is 5.75 Å². The molecule has 1 nitrogen and oxygen atoms in total. The largest absolute Gasteiger partial charge is 0.508 e. The van der Waals surface area contributed by atoms with Crippen LogP contribution in [0.1, 0.15) is 5.56 Å². The van der Waals surface area contributed by atoms with Crippen LogP contribution in [0.15, 0.2) is 24.3 Å². The van der Waals surface area contributed by atoms with Crippen molar-refractivity contribution in [3.05, 3.63) is 29.8 Å². The van der Waals surface area contributed by atoms with Crippen LogP contribution >= 0.6 is 67.8 Å². The maximum Gasteiger partial charge on any atom is 0.128 e. The topological polar surface area (TPSA) is 20.2 Å². The van der Waals surface area contributed by atoms with Gasteiger partial charge in [-0.3, -0.25) is 0 Å². The Kier molecular flexibility index (Phi) is 4.35. The van der Waals surface area contributed by atoms with Crippen LogP contribution in [0.4, 0.5) is 0 Å². The van der Waals surface area contributed by atoms with Gasteiger partial charge in [-0.15, -0.1) is 0 Å². The molecule has 0 aliphatic rings. The molecular weight excluding hydrogens is 493 g/mol. The smallest absolute Gasteiger partial charge is 0.128 e. The molecule has 0 heterocycles. The monoisotopic (exact) mass is 500 g/mol. The van der Waals surface area contributed by atoms with Crippen molar-refractivity contribution in [2.24, 2.45) is 0 Å². The summed E-state index contributed by atoms with van der Waals surface area (Å²) < 4.78 is 0.226. The Labute approximate surface area is 113 Å². The van der Waals surface area contributed by atoms with Crippen molar-refractivity contribution in [2.75, 3.05) is 0 Å². The maximum atomic E-state index is 9.05. The molecule has 4 heteroatoms. The van der Waals surface area contributed by atoms with Crippen molar-refractivity contribution < 1.29 is 5.11 Å². The summed E-state index contributed by atoms with van der Waals surface area (Å²) in [6, 6.07) is 7.37. The predicted octanol–water partition coefficient (Wildman–Crippen LogP) is 3.89. The van der Waals surface area contributed by atoms with E-state index in [-0.39, 0.29) is -0.565 Å². The summed E-state index contributed by atoms with van der Waals surface area (Å²) in [6.07, 6.45) is 1.01. The van der Waals surface area contributed by atoms with Crippen molar-refractivity contribution in [2.45, 2.75) is 5.86 Å². The molecule has 0 saturated heterocycles. The zero-order valence-corrected chi connectivity index (χ0v) is 12.6. The standard InChI is InChI=1S/C8H7I3O/c9-8(10,11)5-6-1-3-7(12)4-2-6/h1-4,12H,5H2. The van der Waals surface area contributed by atoms with Gasteiger partial charge in [0, 0.05) is 6.42 Å². The Morgan fingerprint density at radius 3 is 2.00 bits per heavy atom. The van der Waals surface area contributed by atoms with E-state index < -0.39 is 0 Å². The van der Waals surface area contributed by atoms with Gasteiger partial charge in [-0.25, -0.2) is 0 Å². The Morgan fingerprint density at radius 2 is 1.58 bits per heavy atom. The molecule has 66 valence electrons. The number of hydrogen-bond donors (Lipinski definition) is 1. The number of benzene rings is 1. The molecule has 0 aromatic heterocycles. The highest BCUT2D eigenvalue weighted by atomic mass is 127. The zero-order chi connectivity index (χ0) is 9.19. The number of aromatic hydroxyl groups is 1. The second kappa shape index (κ2) is 4.63. The average Bonchev–Trinajstić information content (AvgIpc) is 1.91. The number of halogens is 3. The average molecular weight is 500 g/mol. The Hall–Kier alpha value is 1.21. The van der Waals surface area contributed by atoms with Gasteiger partial charge in [-0.1, -0.05) is 79.9 Å². The fourth-order valence-electron chi connectivity index (χ4n) is 0.845. The third-order valence-corrected chi connectivity index (χ3v) is 2.49. The van der Waals surface area contributed by atoms with Gasteiger partial charge >= 0.3 is 0 Å². The molecule has 0 amide bonds. The lowest BCUT2D eigenvalue weighted by atomic mass is 10.2. The molecule has 0 atom stereocenters. The molecule has 0 fully saturated rings. The van der Waals surface area contributed by atoms with Crippen molar-refractivity contribution >= 4 is 67.8 Å². The summed E-state index contributed by atoms with van der Waals surface area (Å²) in [5.41, 5.74) is 1.26. The summed E-state index contributed by atoms with van der Waals surface area (Å²) in [4.78, 5) is 0. The van der Waals surface area contributed by atoms with Crippen LogP contribution < -0.4 is 0 Å². The Balaban J connectivity index is 2.71. The lowest BCUT2D eigenvalue weighted by Crippen LogP contribution is -2.03. The second-order valence-corrected chi connectivity index (χ2v) is 14.2. The lowest BCUT2D eigenvalue weighted by molar-refractivity contribution is 0.475. The van der Waals surface area contributed by atoms with Gasteiger partial charge in [0.2, 0.25) is 0 Å². The van der Waals surface area contributed by atoms with E-state index >= 15 is 0 Å². The van der Waals surface area contributed by atoms with E-state index in [1.54, 1.807) is 12.1 Å². The predicted molar refractivity (Wildman–Crippen MR) is 76.6 cm³/mol. The third-order valence-electron chi connectivity index (χ3n) is 1.34. The molecule has 0 aliphatic carbocycles. The normalized spacial score (nSPS) is 11.6. The Morgan fingerprint density at radius 1 is 1.08 bits per heavy atom. The first-order chi connectivity index (χ1) is 5.47. The maximum absolute atomic E-state index is 9.05. The zero-order valence-electron chi connectivity index (χ0n) is 6.10. The quantitative estimate of drug-likeness (QED) is 0.483. The molecule has 0 bridgehead atoms. The van der Waals surface area contributed by atoms with Gasteiger partial charge in [0.1, 0.15) is 5.18 Å². The van der Waals surface area contributed by atoms with Crippen LogP contribution in [-0.2, 0) is 6.42 Å². The van der Waals surface area contributed by atoms with Crippen LogP contribution in [0, 0.1) is 0 Å². The lowest BCUT2D eigenvalue weighted by Gasteiger charge is -2.11. The summed E-state index contributed by atoms with van der Waals surface area (Å²) in [7, 11) is 0. The summed E-state index contributed by atoms with van der Waals surface area (Å²) in [5.74, 6) is 0.333. The van der Waals surface area contributed by atoms with Crippen LogP contribution in [0.2, 0.25) is 0 Å². The van der Waals surface area contributed by atoms with Crippen molar-refractivity contribution in [3.63, 3.8) is 0 Å². The van der Waals surface area contributed by atoms with Crippen molar-refractivity contribution in [3.8, 4) is 5.75 Å². The summed E-state index contributed by atoms with van der Waals surface area (Å²) in [6.45, 7) is 0. The molecule has 0 radical (unpaired) electrons. The molecule has 1 aromatic carbocycles. The van der Waals surface area contributed by atoms with Gasteiger partial charge < -0.3 is 5.11 Å². The first-order valence-electron chi connectivity index (χ1n) is 3.32. The third kappa shape index (κ3) is 4.45. The minimum absolute atomic E-state index is 0.226.